The van der Waals surface area contributed by atoms with E-state index in [2.05, 4.69) is 69.3 Å². The largest absolute Gasteiger partial charge is 2.00 e. The molecule has 0 saturated heterocycles. The average molecular weight is 664 g/mol. The molecule has 0 radical (unpaired) electrons. The van der Waals surface area contributed by atoms with Gasteiger partial charge in [-0.1, -0.05) is 85.5 Å². The minimum absolute atomic E-state index is 0. The maximum atomic E-state index is 5.12. The third-order valence-electron chi connectivity index (χ3n) is 6.13. The summed E-state index contributed by atoms with van der Waals surface area (Å²) in [5, 5.41) is 0. The predicted octanol–water partition coefficient (Wildman–Crippen LogP) is 6.12. The summed E-state index contributed by atoms with van der Waals surface area (Å²) in [5.74, 6) is 0. The van der Waals surface area contributed by atoms with Gasteiger partial charge in [-0.15, -0.1) is 71.8 Å². The molecular formula is C33H33BN2Pt. The molecule has 0 atom stereocenters. The summed E-state index contributed by atoms with van der Waals surface area (Å²) >= 11 is 0. The van der Waals surface area contributed by atoms with E-state index < -0.39 is 0 Å². The van der Waals surface area contributed by atoms with Crippen LogP contribution in [0.5, 0.6) is 0 Å². The van der Waals surface area contributed by atoms with Crippen LogP contribution in [-0.2, 0) is 21.1 Å². The molecule has 0 amide bonds. The van der Waals surface area contributed by atoms with E-state index in [9.17, 15) is 0 Å². The first-order valence-corrected chi connectivity index (χ1v) is 11.6. The summed E-state index contributed by atoms with van der Waals surface area (Å²) < 4.78 is 0. The molecule has 0 saturated carbocycles. The number of aryl methyl sites for hydroxylation is 3. The van der Waals surface area contributed by atoms with Crippen molar-refractivity contribution in [3.63, 3.8) is 0 Å². The van der Waals surface area contributed by atoms with E-state index in [0.717, 1.165) is 33.7 Å². The molecule has 0 N–H and O–H groups in total. The second kappa shape index (κ2) is 13.3. The van der Waals surface area contributed by atoms with Crippen LogP contribution in [0.4, 0.5) is 0 Å². The van der Waals surface area contributed by atoms with Crippen LogP contribution >= 0.6 is 0 Å². The fourth-order valence-electron chi connectivity index (χ4n) is 4.72. The molecular weight excluding hydrogens is 630 g/mol. The Morgan fingerprint density at radius 3 is 1.46 bits per heavy atom. The predicted molar refractivity (Wildman–Crippen MR) is 156 cm³/mol. The summed E-state index contributed by atoms with van der Waals surface area (Å²) in [6.45, 7) is 6.43. The standard InChI is InChI=1S/C31H25BN2.2CH4.Pt/c1-22-20-23(2)31(24(3)21-22)32(29-18-10-16-27(33-29)25-12-6-4-7-13-25)30-19-11-17-28(34-30)26-14-8-5-9-15-26;;;/h4-12,14,16-21H,1-3H3;2*1H4;/q-2;;;+2. The van der Waals surface area contributed by atoms with Crippen molar-refractivity contribution in [1.29, 1.82) is 0 Å². The molecule has 4 heteroatoms. The van der Waals surface area contributed by atoms with Crippen LogP contribution < -0.4 is 16.6 Å². The molecule has 0 fully saturated rings. The zero-order valence-corrected chi connectivity index (χ0v) is 22.3. The maximum Gasteiger partial charge on any atom is 2.00 e. The number of rotatable bonds is 5. The van der Waals surface area contributed by atoms with Gasteiger partial charge in [0.05, 0.1) is 0 Å². The van der Waals surface area contributed by atoms with E-state index in [1.165, 1.54) is 22.2 Å². The first kappa shape index (κ1) is 29.9. The van der Waals surface area contributed by atoms with Crippen molar-refractivity contribution >= 4 is 23.4 Å². The molecule has 3 aromatic carbocycles. The summed E-state index contributed by atoms with van der Waals surface area (Å²) in [7, 11) is 0. The van der Waals surface area contributed by atoms with Crippen LogP contribution in [0.25, 0.3) is 22.5 Å². The van der Waals surface area contributed by atoms with E-state index in [1.807, 2.05) is 60.7 Å². The molecule has 0 bridgehead atoms. The average Bonchev–Trinajstić information content (AvgIpc) is 2.87. The van der Waals surface area contributed by atoms with Gasteiger partial charge in [-0.3, -0.25) is 0 Å². The molecule has 0 spiro atoms. The summed E-state index contributed by atoms with van der Waals surface area (Å²) in [5.41, 5.74) is 10.8. The molecule has 0 aliphatic heterocycles. The Labute approximate surface area is 237 Å². The molecule has 0 aliphatic rings. The van der Waals surface area contributed by atoms with Crippen molar-refractivity contribution in [1.82, 2.24) is 9.97 Å². The third kappa shape index (κ3) is 6.54. The molecule has 37 heavy (non-hydrogen) atoms. The van der Waals surface area contributed by atoms with Gasteiger partial charge >= 0.3 is 21.1 Å². The van der Waals surface area contributed by atoms with Crippen LogP contribution in [0, 0.1) is 32.9 Å². The first-order valence-electron chi connectivity index (χ1n) is 11.6. The van der Waals surface area contributed by atoms with Gasteiger partial charge in [0.1, 0.15) is 0 Å². The van der Waals surface area contributed by atoms with Crippen molar-refractivity contribution < 1.29 is 21.1 Å². The molecule has 0 unspecified atom stereocenters. The third-order valence-corrected chi connectivity index (χ3v) is 6.13. The topological polar surface area (TPSA) is 25.8 Å². The zero-order valence-electron chi connectivity index (χ0n) is 20.0. The number of aromatic nitrogens is 2. The van der Waals surface area contributed by atoms with E-state index in [4.69, 9.17) is 9.97 Å². The second-order valence-corrected chi connectivity index (χ2v) is 8.69. The van der Waals surface area contributed by atoms with Crippen LogP contribution in [-0.4, -0.2) is 16.7 Å². The normalized spacial score (nSPS) is 9.92. The summed E-state index contributed by atoms with van der Waals surface area (Å²) in [6.07, 6.45) is 0. The van der Waals surface area contributed by atoms with Gasteiger partial charge in [0.15, 0.2) is 0 Å². The van der Waals surface area contributed by atoms with E-state index >= 15 is 0 Å². The zero-order chi connectivity index (χ0) is 23.5. The number of pyridine rings is 2. The van der Waals surface area contributed by atoms with Gasteiger partial charge in [-0.25, -0.2) is 0 Å². The summed E-state index contributed by atoms with van der Waals surface area (Å²) in [6, 6.07) is 39.5. The Morgan fingerprint density at radius 2 is 1.05 bits per heavy atom. The molecule has 0 aliphatic carbocycles. The Hall–Kier alpha value is -3.29. The van der Waals surface area contributed by atoms with Crippen molar-refractivity contribution in [3.8, 4) is 22.5 Å². The quantitative estimate of drug-likeness (QED) is 0.167. The Bertz CT molecular complexity index is 1330. The SMILES string of the molecule is C.C.Cc1cc(C)c(B(c2cccc(-c3[c-]cccc3)n2)c2cccc(-c3[c-]cccc3)n2)c(C)c1.[Pt+2]. The smallest absolute Gasteiger partial charge is 0.310 e. The van der Waals surface area contributed by atoms with Gasteiger partial charge in [0, 0.05) is 11.2 Å². The Kier molecular flexibility index (Phi) is 10.8. The molecule has 5 rings (SSSR count). The molecule has 2 heterocycles. The minimum atomic E-state index is -0.0899. The van der Waals surface area contributed by atoms with Crippen molar-refractivity contribution in [2.24, 2.45) is 0 Å². The van der Waals surface area contributed by atoms with Crippen LogP contribution in [0.15, 0.2) is 97.1 Å². The van der Waals surface area contributed by atoms with E-state index in [1.54, 1.807) is 0 Å². The maximum absolute atomic E-state index is 5.12. The second-order valence-electron chi connectivity index (χ2n) is 8.69. The van der Waals surface area contributed by atoms with Crippen molar-refractivity contribution in [2.45, 2.75) is 35.6 Å². The van der Waals surface area contributed by atoms with Gasteiger partial charge < -0.3 is 9.97 Å². The Morgan fingerprint density at radius 1 is 0.595 bits per heavy atom. The van der Waals surface area contributed by atoms with Crippen molar-refractivity contribution in [2.75, 3.05) is 0 Å². The minimum Gasteiger partial charge on any atom is -0.310 e. The van der Waals surface area contributed by atoms with Crippen LogP contribution in [0.2, 0.25) is 0 Å². The Balaban J connectivity index is 0.00000160. The van der Waals surface area contributed by atoms with Gasteiger partial charge in [-0.2, -0.15) is 0 Å². The monoisotopic (exact) mass is 663 g/mol. The number of nitrogens with zero attached hydrogens (tertiary/aromatic N) is 2. The van der Waals surface area contributed by atoms with Gasteiger partial charge in [0.25, 0.3) is 6.71 Å². The van der Waals surface area contributed by atoms with Gasteiger partial charge in [-0.05, 0) is 32.2 Å². The fourth-order valence-corrected chi connectivity index (χ4v) is 4.72. The molecule has 2 nitrogen and oxygen atoms in total. The van der Waals surface area contributed by atoms with Gasteiger partial charge in [0.2, 0.25) is 0 Å². The molecule has 5 aromatic rings. The van der Waals surface area contributed by atoms with E-state index in [-0.39, 0.29) is 42.6 Å². The molecule has 2 aromatic heterocycles. The fraction of sp³-hybridized carbons (Fsp3) is 0.152. The van der Waals surface area contributed by atoms with Crippen molar-refractivity contribution in [3.05, 3.63) is 126 Å². The summed E-state index contributed by atoms with van der Waals surface area (Å²) in [4.78, 5) is 10.2. The number of hydrogen-bond acceptors (Lipinski definition) is 2. The van der Waals surface area contributed by atoms with Crippen LogP contribution in [0.1, 0.15) is 31.5 Å². The first-order chi connectivity index (χ1) is 16.6. The molecule has 188 valence electrons. The van der Waals surface area contributed by atoms with E-state index in [0.29, 0.717) is 0 Å². The number of hydrogen-bond donors (Lipinski definition) is 0. The number of benzene rings is 3. The van der Waals surface area contributed by atoms with Crippen LogP contribution in [0.3, 0.4) is 0 Å².